The molecule has 0 unspecified atom stereocenters. The molecular formula is C14H14N6S. The van der Waals surface area contributed by atoms with Crippen molar-refractivity contribution in [3.63, 3.8) is 0 Å². The highest BCUT2D eigenvalue weighted by Gasteiger charge is 2.09. The molecule has 0 amide bonds. The molecule has 6 nitrogen and oxygen atoms in total. The summed E-state index contributed by atoms with van der Waals surface area (Å²) in [6.45, 7) is 1.36. The van der Waals surface area contributed by atoms with Crippen molar-refractivity contribution >= 4 is 28.2 Å². The first kappa shape index (κ1) is 13.5. The largest absolute Gasteiger partial charge is 0.369 e. The van der Waals surface area contributed by atoms with Crippen molar-refractivity contribution in [1.82, 2.24) is 19.7 Å². The molecule has 0 bridgehead atoms. The van der Waals surface area contributed by atoms with Crippen LogP contribution >= 0.6 is 11.3 Å². The Balaban J connectivity index is 1.73. The minimum Gasteiger partial charge on any atom is -0.369 e. The molecule has 1 N–H and O–H groups in total. The van der Waals surface area contributed by atoms with Crippen LogP contribution in [0.3, 0.4) is 0 Å². The van der Waals surface area contributed by atoms with E-state index in [0.29, 0.717) is 13.0 Å². The van der Waals surface area contributed by atoms with Crippen LogP contribution in [0.5, 0.6) is 0 Å². The molecule has 3 rings (SSSR count). The summed E-state index contributed by atoms with van der Waals surface area (Å²) in [6, 6.07) is 4.24. The number of nitrogens with zero attached hydrogens (tertiary/aromatic N) is 5. The molecule has 3 aromatic heterocycles. The van der Waals surface area contributed by atoms with Crippen LogP contribution in [0.4, 0.5) is 5.82 Å². The predicted molar refractivity (Wildman–Crippen MR) is 82.1 cm³/mol. The molecule has 7 heteroatoms. The van der Waals surface area contributed by atoms with E-state index in [9.17, 15) is 0 Å². The molecule has 0 aromatic carbocycles. The number of aryl methyl sites for hydroxylation is 1. The molecule has 3 aromatic rings. The van der Waals surface area contributed by atoms with E-state index in [1.54, 1.807) is 22.2 Å². The van der Waals surface area contributed by atoms with Gasteiger partial charge in [0, 0.05) is 6.54 Å². The minimum absolute atomic E-state index is 0.418. The first-order chi connectivity index (χ1) is 10.4. The third-order valence-electron chi connectivity index (χ3n) is 3.16. The SMILES string of the molecule is N#CCCn1ncc2c(NCCc3ccsc3)ncnc21. The van der Waals surface area contributed by atoms with Gasteiger partial charge in [-0.1, -0.05) is 0 Å². The number of rotatable bonds is 6. The lowest BCUT2D eigenvalue weighted by Gasteiger charge is -2.05. The van der Waals surface area contributed by atoms with Crippen LogP contribution in [0.15, 0.2) is 29.4 Å². The van der Waals surface area contributed by atoms with E-state index >= 15 is 0 Å². The highest BCUT2D eigenvalue weighted by molar-refractivity contribution is 7.07. The molecule has 0 spiro atoms. The number of fused-ring (bicyclic) bond motifs is 1. The second-order valence-electron chi connectivity index (χ2n) is 4.54. The monoisotopic (exact) mass is 298 g/mol. The first-order valence-corrected chi connectivity index (χ1v) is 7.61. The summed E-state index contributed by atoms with van der Waals surface area (Å²) in [4.78, 5) is 8.54. The zero-order valence-electron chi connectivity index (χ0n) is 11.4. The van der Waals surface area contributed by atoms with Crippen molar-refractivity contribution in [2.45, 2.75) is 19.4 Å². The normalized spacial score (nSPS) is 10.6. The lowest BCUT2D eigenvalue weighted by molar-refractivity contribution is 0.643. The van der Waals surface area contributed by atoms with Gasteiger partial charge in [-0.25, -0.2) is 14.6 Å². The number of anilines is 1. The molecule has 106 valence electrons. The van der Waals surface area contributed by atoms with Crippen LogP contribution in [0, 0.1) is 11.3 Å². The van der Waals surface area contributed by atoms with Crippen LogP contribution in [0.2, 0.25) is 0 Å². The van der Waals surface area contributed by atoms with Gasteiger partial charge in [0.1, 0.15) is 12.1 Å². The maximum Gasteiger partial charge on any atom is 0.163 e. The van der Waals surface area contributed by atoms with E-state index in [-0.39, 0.29) is 0 Å². The van der Waals surface area contributed by atoms with E-state index in [1.807, 2.05) is 0 Å². The van der Waals surface area contributed by atoms with Gasteiger partial charge in [0.05, 0.1) is 30.6 Å². The average molecular weight is 298 g/mol. The first-order valence-electron chi connectivity index (χ1n) is 6.67. The molecule has 0 atom stereocenters. The zero-order chi connectivity index (χ0) is 14.5. The number of hydrogen-bond donors (Lipinski definition) is 1. The summed E-state index contributed by atoms with van der Waals surface area (Å²) in [6.07, 6.45) is 4.65. The summed E-state index contributed by atoms with van der Waals surface area (Å²) in [5.41, 5.74) is 2.08. The van der Waals surface area contributed by atoms with Gasteiger partial charge >= 0.3 is 0 Å². The Hall–Kier alpha value is -2.46. The van der Waals surface area contributed by atoms with Crippen molar-refractivity contribution in [3.8, 4) is 6.07 Å². The third-order valence-corrected chi connectivity index (χ3v) is 3.89. The van der Waals surface area contributed by atoms with E-state index in [2.05, 4.69) is 43.3 Å². The molecule has 3 heterocycles. The standard InChI is InChI=1S/C14H14N6S/c15-4-1-6-20-14-12(8-19-20)13(17-10-18-14)16-5-2-11-3-7-21-9-11/h3,7-10H,1-2,5-6H2,(H,16,17,18). The third kappa shape index (κ3) is 3.01. The Morgan fingerprint density at radius 2 is 2.33 bits per heavy atom. The molecule has 0 aliphatic carbocycles. The van der Waals surface area contributed by atoms with Crippen LogP contribution in [0.25, 0.3) is 11.0 Å². The highest BCUT2D eigenvalue weighted by atomic mass is 32.1. The van der Waals surface area contributed by atoms with Crippen LogP contribution in [0.1, 0.15) is 12.0 Å². The zero-order valence-corrected chi connectivity index (χ0v) is 12.2. The minimum atomic E-state index is 0.418. The van der Waals surface area contributed by atoms with Gasteiger partial charge in [-0.3, -0.25) is 0 Å². The quantitative estimate of drug-likeness (QED) is 0.756. The second-order valence-corrected chi connectivity index (χ2v) is 5.32. The summed E-state index contributed by atoms with van der Waals surface area (Å²) >= 11 is 1.71. The van der Waals surface area contributed by atoms with Crippen molar-refractivity contribution in [1.29, 1.82) is 5.26 Å². The Kier molecular flexibility index (Phi) is 4.07. The lowest BCUT2D eigenvalue weighted by atomic mass is 10.2. The van der Waals surface area contributed by atoms with Gasteiger partial charge in [-0.15, -0.1) is 0 Å². The lowest BCUT2D eigenvalue weighted by Crippen LogP contribution is -2.07. The summed E-state index contributed by atoms with van der Waals surface area (Å²) in [7, 11) is 0. The Morgan fingerprint density at radius 1 is 1.38 bits per heavy atom. The Bertz CT molecular complexity index is 755. The summed E-state index contributed by atoms with van der Waals surface area (Å²) in [5.74, 6) is 0.790. The molecular weight excluding hydrogens is 284 g/mol. The molecule has 21 heavy (non-hydrogen) atoms. The van der Waals surface area contributed by atoms with Crippen molar-refractivity contribution in [2.75, 3.05) is 11.9 Å². The fourth-order valence-corrected chi connectivity index (χ4v) is 2.82. The fraction of sp³-hybridized carbons (Fsp3) is 0.286. The van der Waals surface area contributed by atoms with Crippen molar-refractivity contribution in [3.05, 3.63) is 34.9 Å². The Morgan fingerprint density at radius 3 is 3.14 bits per heavy atom. The summed E-state index contributed by atoms with van der Waals surface area (Å²) in [5, 5.41) is 21.4. The van der Waals surface area contributed by atoms with Crippen molar-refractivity contribution < 1.29 is 0 Å². The van der Waals surface area contributed by atoms with E-state index < -0.39 is 0 Å². The van der Waals surface area contributed by atoms with Crippen LogP contribution < -0.4 is 5.32 Å². The molecule has 0 saturated carbocycles. The molecule has 0 fully saturated rings. The molecule has 0 aliphatic heterocycles. The van der Waals surface area contributed by atoms with Gasteiger partial charge in [-0.05, 0) is 28.8 Å². The Labute approximate surface area is 126 Å². The van der Waals surface area contributed by atoms with Gasteiger partial charge in [0.25, 0.3) is 0 Å². The molecule has 0 aliphatic rings. The fourth-order valence-electron chi connectivity index (χ4n) is 2.11. The van der Waals surface area contributed by atoms with E-state index in [1.165, 1.54) is 11.9 Å². The number of nitrogens with one attached hydrogen (secondary N) is 1. The molecule has 0 saturated heterocycles. The predicted octanol–water partition coefficient (Wildman–Crippen LogP) is 2.46. The number of aromatic nitrogens is 4. The van der Waals surface area contributed by atoms with Crippen molar-refractivity contribution in [2.24, 2.45) is 0 Å². The maximum absolute atomic E-state index is 8.66. The second kappa shape index (κ2) is 6.33. The molecule has 0 radical (unpaired) electrons. The topological polar surface area (TPSA) is 79.4 Å². The van der Waals surface area contributed by atoms with E-state index in [0.717, 1.165) is 29.8 Å². The number of thiophene rings is 1. The van der Waals surface area contributed by atoms with E-state index in [4.69, 9.17) is 5.26 Å². The van der Waals surface area contributed by atoms with Gasteiger partial charge in [0.2, 0.25) is 0 Å². The smallest absolute Gasteiger partial charge is 0.163 e. The van der Waals surface area contributed by atoms with Gasteiger partial charge in [-0.2, -0.15) is 21.7 Å². The number of nitriles is 1. The van der Waals surface area contributed by atoms with Crippen LogP contribution in [-0.2, 0) is 13.0 Å². The highest BCUT2D eigenvalue weighted by Crippen LogP contribution is 2.18. The van der Waals surface area contributed by atoms with Gasteiger partial charge in [0.15, 0.2) is 5.65 Å². The van der Waals surface area contributed by atoms with Gasteiger partial charge < -0.3 is 5.32 Å². The maximum atomic E-state index is 8.66. The average Bonchev–Trinajstić information content (AvgIpc) is 3.15. The van der Waals surface area contributed by atoms with Crippen LogP contribution in [-0.4, -0.2) is 26.3 Å². The summed E-state index contributed by atoms with van der Waals surface area (Å²) < 4.78 is 1.74. The number of hydrogen-bond acceptors (Lipinski definition) is 6.